The van der Waals surface area contributed by atoms with Crippen LogP contribution in [0.25, 0.3) is 0 Å². The molecule has 5 rings (SSSR count). The van der Waals surface area contributed by atoms with Crippen LogP contribution in [-0.2, 0) is 9.57 Å². The van der Waals surface area contributed by atoms with Crippen LogP contribution in [0.15, 0.2) is 0 Å². The van der Waals surface area contributed by atoms with Gasteiger partial charge in [-0.1, -0.05) is 0 Å². The van der Waals surface area contributed by atoms with Crippen molar-refractivity contribution in [2.75, 3.05) is 59.5 Å². The molecule has 5 saturated heterocycles. The van der Waals surface area contributed by atoms with Gasteiger partial charge >= 0.3 is 0 Å². The summed E-state index contributed by atoms with van der Waals surface area (Å²) in [4.78, 5) is 13.9. The number of hydroxylamine groups is 1. The Kier molecular flexibility index (Phi) is 6.70. The molecule has 5 atom stereocenters. The minimum absolute atomic E-state index is 0.124. The largest absolute Gasteiger partial charge is 0.379 e. The van der Waals surface area contributed by atoms with E-state index < -0.39 is 0 Å². The molecule has 0 aromatic carbocycles. The lowest BCUT2D eigenvalue weighted by Gasteiger charge is -2.41. The lowest BCUT2D eigenvalue weighted by Crippen LogP contribution is -2.57. The van der Waals surface area contributed by atoms with E-state index in [4.69, 9.17) is 9.57 Å². The maximum atomic E-state index is 6.16. The van der Waals surface area contributed by atoms with Crippen LogP contribution in [0.1, 0.15) is 38.5 Å². The number of nitrogens with one attached hydrogen (secondary N) is 3. The predicted octanol–water partition coefficient (Wildman–Crippen LogP) is -0.0205. The van der Waals surface area contributed by atoms with Crippen molar-refractivity contribution >= 4 is 0 Å². The van der Waals surface area contributed by atoms with E-state index >= 15 is 0 Å². The zero-order valence-electron chi connectivity index (χ0n) is 18.0. The average molecular weight is 409 g/mol. The van der Waals surface area contributed by atoms with Gasteiger partial charge in [0.25, 0.3) is 0 Å². The summed E-state index contributed by atoms with van der Waals surface area (Å²) < 4.78 is 5.53. The van der Waals surface area contributed by atoms with Crippen molar-refractivity contribution in [3.63, 3.8) is 0 Å². The molecule has 5 heterocycles. The van der Waals surface area contributed by atoms with Crippen LogP contribution in [0.4, 0.5) is 0 Å². The first kappa shape index (κ1) is 20.6. The summed E-state index contributed by atoms with van der Waals surface area (Å²) in [5.74, 6) is 0.604. The second kappa shape index (κ2) is 9.44. The summed E-state index contributed by atoms with van der Waals surface area (Å²) in [6, 6.07) is 1.24. The van der Waals surface area contributed by atoms with Crippen molar-refractivity contribution in [1.29, 1.82) is 0 Å². The maximum absolute atomic E-state index is 6.16. The highest BCUT2D eigenvalue weighted by Gasteiger charge is 2.43. The highest BCUT2D eigenvalue weighted by molar-refractivity contribution is 4.95. The molecule has 0 spiro atoms. The van der Waals surface area contributed by atoms with Gasteiger partial charge < -0.3 is 15.0 Å². The zero-order valence-corrected chi connectivity index (χ0v) is 18.0. The molecule has 0 aliphatic carbocycles. The van der Waals surface area contributed by atoms with Crippen LogP contribution in [0.5, 0.6) is 0 Å². The van der Waals surface area contributed by atoms with E-state index in [1.165, 1.54) is 58.2 Å². The minimum atomic E-state index is 0.124. The van der Waals surface area contributed by atoms with Crippen LogP contribution in [0, 0.1) is 5.92 Å². The van der Waals surface area contributed by atoms with Gasteiger partial charge in [-0.25, -0.2) is 0 Å². The number of piperidine rings is 2. The highest BCUT2D eigenvalue weighted by atomic mass is 16.7. The standard InChI is InChI=1S/C21H40N6O2/c1-25-9-5-17(6-10-25)27-8-2-3-18(27)21-23-20(24-29-21)16-4-7-22-19(15-16)26-11-13-28-14-12-26/h16-24H,2-15H2,1H3. The molecule has 5 unspecified atom stereocenters. The van der Waals surface area contributed by atoms with Gasteiger partial charge in [0.1, 0.15) is 6.23 Å². The number of hydrogen-bond donors (Lipinski definition) is 3. The Hall–Kier alpha value is -0.320. The van der Waals surface area contributed by atoms with Gasteiger partial charge in [-0.3, -0.25) is 20.0 Å². The Morgan fingerprint density at radius 1 is 0.931 bits per heavy atom. The van der Waals surface area contributed by atoms with Crippen molar-refractivity contribution in [1.82, 2.24) is 30.8 Å². The predicted molar refractivity (Wildman–Crippen MR) is 112 cm³/mol. The third kappa shape index (κ3) is 4.65. The molecular formula is C21H40N6O2. The second-order valence-electron chi connectivity index (χ2n) is 9.69. The van der Waals surface area contributed by atoms with Crippen LogP contribution in [0.3, 0.4) is 0 Å². The number of hydrogen-bond acceptors (Lipinski definition) is 8. The molecule has 0 bridgehead atoms. The summed E-state index contributed by atoms with van der Waals surface area (Å²) in [6.45, 7) is 8.59. The van der Waals surface area contributed by atoms with E-state index in [0.29, 0.717) is 18.1 Å². The summed E-state index contributed by atoms with van der Waals surface area (Å²) in [6.07, 6.45) is 8.39. The molecule has 8 nitrogen and oxygen atoms in total. The minimum Gasteiger partial charge on any atom is -0.379 e. The number of nitrogens with zero attached hydrogens (tertiary/aromatic N) is 3. The first-order valence-corrected chi connectivity index (χ1v) is 11.9. The van der Waals surface area contributed by atoms with Crippen molar-refractivity contribution < 1.29 is 9.57 Å². The third-order valence-corrected chi connectivity index (χ3v) is 7.89. The van der Waals surface area contributed by atoms with Crippen LogP contribution in [-0.4, -0.2) is 105 Å². The summed E-state index contributed by atoms with van der Waals surface area (Å²) in [7, 11) is 2.25. The smallest absolute Gasteiger partial charge is 0.146 e. The van der Waals surface area contributed by atoms with Crippen molar-refractivity contribution in [3.8, 4) is 0 Å². The molecule has 8 heteroatoms. The zero-order chi connectivity index (χ0) is 19.6. The first-order chi connectivity index (χ1) is 14.3. The van der Waals surface area contributed by atoms with Crippen molar-refractivity contribution in [3.05, 3.63) is 0 Å². The van der Waals surface area contributed by atoms with E-state index in [0.717, 1.165) is 38.9 Å². The van der Waals surface area contributed by atoms with E-state index in [1.54, 1.807) is 0 Å². The van der Waals surface area contributed by atoms with Crippen molar-refractivity contribution in [2.45, 2.75) is 69.2 Å². The molecule has 0 saturated carbocycles. The quantitative estimate of drug-likeness (QED) is 0.600. The summed E-state index contributed by atoms with van der Waals surface area (Å²) in [5, 5.41) is 7.57. The van der Waals surface area contributed by atoms with Gasteiger partial charge in [0.2, 0.25) is 0 Å². The number of rotatable bonds is 4. The molecule has 5 fully saturated rings. The summed E-state index contributed by atoms with van der Waals surface area (Å²) in [5.41, 5.74) is 3.39. The number of ether oxygens (including phenoxy) is 1. The van der Waals surface area contributed by atoms with E-state index in [9.17, 15) is 0 Å². The van der Waals surface area contributed by atoms with Crippen LogP contribution < -0.4 is 16.1 Å². The number of likely N-dealkylation sites (tertiary alicyclic amines) is 2. The van der Waals surface area contributed by atoms with Gasteiger partial charge in [0.05, 0.1) is 31.6 Å². The van der Waals surface area contributed by atoms with Gasteiger partial charge in [-0.05, 0) is 77.7 Å². The van der Waals surface area contributed by atoms with Gasteiger partial charge in [-0.15, -0.1) is 0 Å². The second-order valence-corrected chi connectivity index (χ2v) is 9.69. The highest BCUT2D eigenvalue weighted by Crippen LogP contribution is 2.31. The first-order valence-electron chi connectivity index (χ1n) is 11.9. The molecule has 0 radical (unpaired) electrons. The normalized spacial score (nSPS) is 41.9. The Morgan fingerprint density at radius 3 is 2.59 bits per heavy atom. The number of morpholine rings is 1. The van der Waals surface area contributed by atoms with Gasteiger partial charge in [0, 0.05) is 19.1 Å². The Labute approximate surface area is 175 Å². The Bertz CT molecular complexity index is 525. The fourth-order valence-corrected chi connectivity index (χ4v) is 6.13. The van der Waals surface area contributed by atoms with Gasteiger partial charge in [-0.2, -0.15) is 5.48 Å². The topological polar surface area (TPSA) is 64.3 Å². The summed E-state index contributed by atoms with van der Waals surface area (Å²) >= 11 is 0. The van der Waals surface area contributed by atoms with E-state index in [1.807, 2.05) is 0 Å². The molecule has 5 aliphatic heterocycles. The van der Waals surface area contributed by atoms with E-state index in [-0.39, 0.29) is 12.4 Å². The Balaban J connectivity index is 1.15. The molecular weight excluding hydrogens is 368 g/mol. The van der Waals surface area contributed by atoms with Crippen LogP contribution in [0.2, 0.25) is 0 Å². The fourth-order valence-electron chi connectivity index (χ4n) is 6.13. The molecule has 3 N–H and O–H groups in total. The molecule has 29 heavy (non-hydrogen) atoms. The van der Waals surface area contributed by atoms with E-state index in [2.05, 4.69) is 37.9 Å². The molecule has 5 aliphatic rings. The van der Waals surface area contributed by atoms with Crippen molar-refractivity contribution in [2.24, 2.45) is 5.92 Å². The fraction of sp³-hybridized carbons (Fsp3) is 1.00. The molecule has 0 amide bonds. The SMILES string of the molecule is CN1CCC(N2CCCC2C2NC(C3CCNC(N4CCOCC4)C3)NO2)CC1. The lowest BCUT2D eigenvalue weighted by atomic mass is 9.92. The lowest BCUT2D eigenvalue weighted by molar-refractivity contribution is -0.0392. The van der Waals surface area contributed by atoms with Crippen LogP contribution >= 0.6 is 0 Å². The third-order valence-electron chi connectivity index (χ3n) is 7.89. The molecule has 0 aromatic heterocycles. The molecule has 0 aromatic rings. The average Bonchev–Trinajstić information content (AvgIpc) is 3.45. The monoisotopic (exact) mass is 408 g/mol. The van der Waals surface area contributed by atoms with Gasteiger partial charge in [0.15, 0.2) is 0 Å². The maximum Gasteiger partial charge on any atom is 0.146 e. The Morgan fingerprint density at radius 2 is 1.76 bits per heavy atom. The molecule has 166 valence electrons.